The number of amides is 1. The number of thioether (sulfide) groups is 1. The van der Waals surface area contributed by atoms with Crippen LogP contribution in [-0.4, -0.2) is 16.6 Å². The van der Waals surface area contributed by atoms with E-state index in [0.717, 1.165) is 35.7 Å². The van der Waals surface area contributed by atoms with Crippen LogP contribution < -0.4 is 5.32 Å². The average molecular weight is 448 g/mol. The van der Waals surface area contributed by atoms with Crippen LogP contribution in [0.2, 0.25) is 0 Å². The lowest BCUT2D eigenvalue weighted by Gasteiger charge is -2.27. The van der Waals surface area contributed by atoms with E-state index in [1.807, 2.05) is 38.1 Å². The molecule has 0 bridgehead atoms. The number of hydrogen-bond donors (Lipinski definition) is 1. The van der Waals surface area contributed by atoms with Gasteiger partial charge in [0.2, 0.25) is 5.91 Å². The molecule has 0 aliphatic heterocycles. The van der Waals surface area contributed by atoms with Crippen molar-refractivity contribution in [2.24, 2.45) is 5.92 Å². The molecule has 1 N–H and O–H groups in total. The molecule has 1 aromatic carbocycles. The predicted octanol–water partition coefficient (Wildman–Crippen LogP) is 5.20. The Morgan fingerprint density at radius 2 is 2.03 bits per heavy atom. The summed E-state index contributed by atoms with van der Waals surface area (Å²) in [7, 11) is 0. The molecule has 1 amide bonds. The van der Waals surface area contributed by atoms with Crippen molar-refractivity contribution in [3.8, 4) is 6.07 Å². The summed E-state index contributed by atoms with van der Waals surface area (Å²) in [6.07, 6.45) is -2.34. The largest absolute Gasteiger partial charge is 0.418 e. The number of nitrogens with one attached hydrogen (secondary N) is 1. The summed E-state index contributed by atoms with van der Waals surface area (Å²) in [6, 6.07) is 9.39. The van der Waals surface area contributed by atoms with E-state index >= 15 is 0 Å². The van der Waals surface area contributed by atoms with Crippen molar-refractivity contribution in [3.05, 3.63) is 57.8 Å². The highest BCUT2D eigenvalue weighted by molar-refractivity contribution is 8.00. The first-order valence-corrected chi connectivity index (χ1v) is 11.2. The second-order valence-corrected chi connectivity index (χ2v) is 8.73. The van der Waals surface area contributed by atoms with Gasteiger partial charge in [0.25, 0.3) is 0 Å². The zero-order valence-electron chi connectivity index (χ0n) is 17.5. The molecule has 0 saturated carbocycles. The Labute approximate surface area is 184 Å². The number of hydrogen-bond acceptors (Lipinski definition) is 4. The molecule has 1 heterocycles. The second kappa shape index (κ2) is 9.73. The third-order valence-corrected chi connectivity index (χ3v) is 6.53. The zero-order chi connectivity index (χ0) is 22.6. The molecule has 4 nitrogen and oxygen atoms in total. The van der Waals surface area contributed by atoms with Gasteiger partial charge < -0.3 is 5.32 Å². The molecule has 3 rings (SSSR count). The van der Waals surface area contributed by atoms with Crippen LogP contribution in [-0.2, 0) is 30.4 Å². The van der Waals surface area contributed by atoms with Gasteiger partial charge >= 0.3 is 6.18 Å². The normalized spacial score (nSPS) is 15.8. The minimum Gasteiger partial charge on any atom is -0.351 e. The third kappa shape index (κ3) is 5.59. The number of benzene rings is 1. The van der Waals surface area contributed by atoms with Crippen molar-refractivity contribution < 1.29 is 18.0 Å². The molecule has 1 aromatic heterocycles. The average Bonchev–Trinajstić information content (AvgIpc) is 2.74. The quantitative estimate of drug-likeness (QED) is 0.618. The number of nitriles is 1. The molecular weight excluding hydrogens is 423 g/mol. The van der Waals surface area contributed by atoms with Crippen LogP contribution in [0, 0.1) is 24.2 Å². The van der Waals surface area contributed by atoms with Gasteiger partial charge in [-0.2, -0.15) is 18.4 Å². The van der Waals surface area contributed by atoms with Gasteiger partial charge in [-0.1, -0.05) is 54.9 Å². The van der Waals surface area contributed by atoms with Crippen LogP contribution in [0.3, 0.4) is 0 Å². The molecule has 1 aliphatic rings. The Hall–Kier alpha value is -2.53. The van der Waals surface area contributed by atoms with Crippen molar-refractivity contribution in [3.63, 3.8) is 0 Å². The SMILES string of the molecule is CCC1CCc2nc(SCC(=O)NCc3ccc(C)cc3)c(C#N)c(C(F)(F)F)c2C1. The van der Waals surface area contributed by atoms with Crippen molar-refractivity contribution >= 4 is 17.7 Å². The van der Waals surface area contributed by atoms with E-state index in [1.165, 1.54) is 0 Å². The fourth-order valence-electron chi connectivity index (χ4n) is 3.77. The highest BCUT2D eigenvalue weighted by Crippen LogP contribution is 2.42. The maximum Gasteiger partial charge on any atom is 0.418 e. The zero-order valence-corrected chi connectivity index (χ0v) is 18.3. The van der Waals surface area contributed by atoms with Crippen LogP contribution in [0.4, 0.5) is 13.2 Å². The van der Waals surface area contributed by atoms with Crippen LogP contribution in [0.25, 0.3) is 0 Å². The number of alkyl halides is 3. The van der Waals surface area contributed by atoms with Crippen LogP contribution in [0.15, 0.2) is 29.3 Å². The van der Waals surface area contributed by atoms with E-state index in [0.29, 0.717) is 18.7 Å². The summed E-state index contributed by atoms with van der Waals surface area (Å²) in [4.78, 5) is 16.6. The predicted molar refractivity (Wildman–Crippen MR) is 114 cm³/mol. The molecule has 1 aliphatic carbocycles. The summed E-state index contributed by atoms with van der Waals surface area (Å²) < 4.78 is 41.7. The number of aryl methyl sites for hydroxylation is 2. The van der Waals surface area contributed by atoms with Crippen molar-refractivity contribution in [1.29, 1.82) is 5.26 Å². The molecule has 31 heavy (non-hydrogen) atoms. The van der Waals surface area contributed by atoms with Gasteiger partial charge in [-0.3, -0.25) is 4.79 Å². The molecule has 0 saturated heterocycles. The Morgan fingerprint density at radius 1 is 1.32 bits per heavy atom. The van der Waals surface area contributed by atoms with Crippen molar-refractivity contribution in [2.45, 2.75) is 57.3 Å². The summed E-state index contributed by atoms with van der Waals surface area (Å²) in [6.45, 7) is 4.25. The number of pyridine rings is 1. The standard InChI is InChI=1S/C23H24F3N3OS/c1-3-15-8-9-19-17(10-15)21(23(24,25)26)18(11-27)22(29-19)31-13-20(30)28-12-16-6-4-14(2)5-7-16/h4-7,15H,3,8-10,12-13H2,1-2H3,(H,28,30). The lowest BCUT2D eigenvalue weighted by molar-refractivity contribution is -0.138. The van der Waals surface area contributed by atoms with E-state index < -0.39 is 17.3 Å². The van der Waals surface area contributed by atoms with Gasteiger partial charge in [0.15, 0.2) is 0 Å². The molecule has 0 fully saturated rings. The van der Waals surface area contributed by atoms with E-state index in [4.69, 9.17) is 0 Å². The van der Waals surface area contributed by atoms with E-state index in [-0.39, 0.29) is 34.6 Å². The number of rotatable bonds is 6. The van der Waals surface area contributed by atoms with Gasteiger partial charge in [-0.25, -0.2) is 4.98 Å². The van der Waals surface area contributed by atoms with E-state index in [2.05, 4.69) is 10.3 Å². The maximum atomic E-state index is 13.9. The van der Waals surface area contributed by atoms with Crippen molar-refractivity contribution in [2.75, 3.05) is 5.75 Å². The number of nitrogens with zero attached hydrogens (tertiary/aromatic N) is 2. The summed E-state index contributed by atoms with van der Waals surface area (Å²) in [5.74, 6) is -0.275. The molecule has 1 atom stereocenters. The first-order chi connectivity index (χ1) is 14.7. The number of fused-ring (bicyclic) bond motifs is 1. The second-order valence-electron chi connectivity index (χ2n) is 7.77. The lowest BCUT2D eigenvalue weighted by atomic mass is 9.82. The Morgan fingerprint density at radius 3 is 2.65 bits per heavy atom. The third-order valence-electron chi connectivity index (χ3n) is 5.56. The minimum atomic E-state index is -4.64. The Balaban J connectivity index is 1.78. The maximum absolute atomic E-state index is 13.9. The van der Waals surface area contributed by atoms with E-state index in [1.54, 1.807) is 6.07 Å². The highest BCUT2D eigenvalue weighted by atomic mass is 32.2. The minimum absolute atomic E-state index is 0.0194. The van der Waals surface area contributed by atoms with Gasteiger partial charge in [0, 0.05) is 12.2 Å². The Bertz CT molecular complexity index is 997. The van der Waals surface area contributed by atoms with Gasteiger partial charge in [-0.15, -0.1) is 0 Å². The fourth-order valence-corrected chi connectivity index (χ4v) is 4.60. The molecule has 0 spiro atoms. The monoisotopic (exact) mass is 447 g/mol. The number of aromatic nitrogens is 1. The molecule has 8 heteroatoms. The van der Waals surface area contributed by atoms with Gasteiger partial charge in [0.1, 0.15) is 11.1 Å². The number of carbonyl (C=O) groups is 1. The van der Waals surface area contributed by atoms with Gasteiger partial charge in [-0.05, 0) is 43.2 Å². The lowest BCUT2D eigenvalue weighted by Crippen LogP contribution is -2.25. The van der Waals surface area contributed by atoms with Crippen LogP contribution >= 0.6 is 11.8 Å². The number of halogens is 3. The first kappa shape index (κ1) is 23.1. The highest BCUT2D eigenvalue weighted by Gasteiger charge is 2.40. The molecule has 0 radical (unpaired) electrons. The molecular formula is C23H24F3N3OS. The molecule has 1 unspecified atom stereocenters. The smallest absolute Gasteiger partial charge is 0.351 e. The number of carbonyl (C=O) groups excluding carboxylic acids is 1. The van der Waals surface area contributed by atoms with Crippen LogP contribution in [0.1, 0.15) is 53.3 Å². The van der Waals surface area contributed by atoms with Crippen LogP contribution in [0.5, 0.6) is 0 Å². The summed E-state index contributed by atoms with van der Waals surface area (Å²) >= 11 is 0.881. The Kier molecular flexibility index (Phi) is 7.26. The van der Waals surface area contributed by atoms with Crippen molar-refractivity contribution in [1.82, 2.24) is 10.3 Å². The van der Waals surface area contributed by atoms with E-state index in [9.17, 15) is 23.2 Å². The molecule has 2 aromatic rings. The topological polar surface area (TPSA) is 65.8 Å². The summed E-state index contributed by atoms with van der Waals surface area (Å²) in [5, 5.41) is 12.3. The first-order valence-electron chi connectivity index (χ1n) is 10.2. The fraction of sp³-hybridized carbons (Fsp3) is 0.435. The van der Waals surface area contributed by atoms with Gasteiger partial charge in [0.05, 0.1) is 16.9 Å². The molecule has 164 valence electrons. The summed E-state index contributed by atoms with van der Waals surface area (Å²) in [5.41, 5.74) is 1.24.